The smallest absolute Gasteiger partial charge is 0.244 e. The largest absolute Gasteiger partial charge is 0.379 e. The molecule has 33 heavy (non-hydrogen) atoms. The molecule has 1 aliphatic rings. The van der Waals surface area contributed by atoms with Crippen LogP contribution < -0.4 is 9.62 Å². The third-order valence-corrected chi connectivity index (χ3v) is 7.22. The number of rotatable bonds is 9. The molecule has 1 N–H and O–H groups in total. The van der Waals surface area contributed by atoms with Crippen molar-refractivity contribution in [1.29, 1.82) is 0 Å². The van der Waals surface area contributed by atoms with Crippen molar-refractivity contribution in [2.45, 2.75) is 46.3 Å². The van der Waals surface area contributed by atoms with E-state index in [2.05, 4.69) is 22.3 Å². The Labute approximate surface area is 197 Å². The van der Waals surface area contributed by atoms with Gasteiger partial charge in [0.2, 0.25) is 15.9 Å². The highest BCUT2D eigenvalue weighted by Gasteiger charge is 2.31. The number of carbonyl (C=O) groups excluding carboxylic acids is 1. The summed E-state index contributed by atoms with van der Waals surface area (Å²) in [7, 11) is -3.65. The lowest BCUT2D eigenvalue weighted by molar-refractivity contribution is -0.122. The van der Waals surface area contributed by atoms with E-state index in [4.69, 9.17) is 4.74 Å². The number of morpholine rings is 1. The summed E-state index contributed by atoms with van der Waals surface area (Å²) in [5.41, 5.74) is 4.73. The lowest BCUT2D eigenvalue weighted by Crippen LogP contribution is -2.49. The van der Waals surface area contributed by atoms with Crippen LogP contribution in [0.5, 0.6) is 0 Å². The summed E-state index contributed by atoms with van der Waals surface area (Å²) in [5.74, 6) is -0.306. The van der Waals surface area contributed by atoms with Gasteiger partial charge < -0.3 is 10.1 Å². The number of carbonyl (C=O) groups is 1. The van der Waals surface area contributed by atoms with E-state index in [1.54, 1.807) is 6.07 Å². The summed E-state index contributed by atoms with van der Waals surface area (Å²) in [5, 5.41) is 2.95. The Bertz CT molecular complexity index is 1070. The van der Waals surface area contributed by atoms with Gasteiger partial charge in [-0.15, -0.1) is 0 Å². The number of sulfonamides is 1. The number of hydrogen-bond acceptors (Lipinski definition) is 5. The first-order valence-corrected chi connectivity index (χ1v) is 13.3. The minimum Gasteiger partial charge on any atom is -0.379 e. The predicted octanol–water partition coefficient (Wildman–Crippen LogP) is 3.00. The highest BCUT2D eigenvalue weighted by molar-refractivity contribution is 7.92. The second kappa shape index (κ2) is 11.1. The van der Waals surface area contributed by atoms with E-state index >= 15 is 0 Å². The van der Waals surface area contributed by atoms with E-state index in [0.717, 1.165) is 55.8 Å². The quantitative estimate of drug-likeness (QED) is 0.606. The van der Waals surface area contributed by atoms with Gasteiger partial charge >= 0.3 is 0 Å². The van der Waals surface area contributed by atoms with E-state index in [1.165, 1.54) is 9.87 Å². The van der Waals surface area contributed by atoms with Crippen molar-refractivity contribution in [3.05, 3.63) is 64.7 Å². The number of nitrogens with zero attached hydrogens (tertiary/aromatic N) is 2. The molecule has 180 valence electrons. The van der Waals surface area contributed by atoms with Crippen LogP contribution in [-0.4, -0.2) is 57.8 Å². The molecule has 2 aromatic rings. The molecular formula is C25H35N3O4S. The summed E-state index contributed by atoms with van der Waals surface area (Å²) in [6.45, 7) is 10.3. The minimum absolute atomic E-state index is 0.306. The Hall–Kier alpha value is -2.42. The fraction of sp³-hybridized carbons (Fsp3) is 0.480. The molecule has 0 aliphatic carbocycles. The number of ether oxygens (including phenoxy) is 1. The van der Waals surface area contributed by atoms with Crippen LogP contribution in [0.2, 0.25) is 0 Å². The maximum absolute atomic E-state index is 13.1. The van der Waals surface area contributed by atoms with E-state index in [0.29, 0.717) is 18.7 Å². The van der Waals surface area contributed by atoms with Gasteiger partial charge in [-0.05, 0) is 54.7 Å². The molecule has 1 atom stereocenters. The Balaban J connectivity index is 1.71. The molecule has 0 aromatic heterocycles. The second-order valence-corrected chi connectivity index (χ2v) is 10.5. The minimum atomic E-state index is -3.65. The zero-order chi connectivity index (χ0) is 24.0. The van der Waals surface area contributed by atoms with E-state index < -0.39 is 16.1 Å². The maximum Gasteiger partial charge on any atom is 0.244 e. The molecule has 1 fully saturated rings. The monoisotopic (exact) mass is 473 g/mol. The van der Waals surface area contributed by atoms with Crippen LogP contribution in [0.4, 0.5) is 5.69 Å². The van der Waals surface area contributed by atoms with Crippen LogP contribution in [0, 0.1) is 13.8 Å². The van der Waals surface area contributed by atoms with E-state index in [9.17, 15) is 13.2 Å². The third kappa shape index (κ3) is 6.79. The molecule has 1 heterocycles. The molecule has 1 saturated heterocycles. The van der Waals surface area contributed by atoms with Crippen molar-refractivity contribution in [1.82, 2.24) is 10.2 Å². The van der Waals surface area contributed by atoms with Crippen molar-refractivity contribution in [3.8, 4) is 0 Å². The standard InChI is InChI=1S/C25H35N3O4S/c1-5-24(28(33(4,30)31)23-10-9-19(2)20(3)15-23)25(29)26-17-21-7-6-8-22(16-21)18-27-11-13-32-14-12-27/h6-10,15-16,24H,5,11-14,17-18H2,1-4H3,(H,26,29). The predicted molar refractivity (Wildman–Crippen MR) is 132 cm³/mol. The zero-order valence-corrected chi connectivity index (χ0v) is 20.8. The average molecular weight is 474 g/mol. The number of anilines is 1. The van der Waals surface area contributed by atoms with Crippen molar-refractivity contribution < 1.29 is 17.9 Å². The molecule has 0 spiro atoms. The van der Waals surface area contributed by atoms with Crippen LogP contribution in [0.25, 0.3) is 0 Å². The Morgan fingerprint density at radius 3 is 2.42 bits per heavy atom. The maximum atomic E-state index is 13.1. The molecule has 2 aromatic carbocycles. The van der Waals surface area contributed by atoms with Crippen molar-refractivity contribution >= 4 is 21.6 Å². The van der Waals surface area contributed by atoms with Crippen molar-refractivity contribution in [2.75, 3.05) is 36.9 Å². The lowest BCUT2D eigenvalue weighted by atomic mass is 10.1. The van der Waals surface area contributed by atoms with Crippen LogP contribution in [-0.2, 0) is 32.6 Å². The summed E-state index contributed by atoms with van der Waals surface area (Å²) < 4.78 is 32.0. The first-order chi connectivity index (χ1) is 15.7. The fourth-order valence-electron chi connectivity index (χ4n) is 4.09. The van der Waals surface area contributed by atoms with Crippen molar-refractivity contribution in [2.24, 2.45) is 0 Å². The van der Waals surface area contributed by atoms with E-state index in [1.807, 2.05) is 45.0 Å². The Kier molecular flexibility index (Phi) is 8.51. The number of amides is 1. The molecule has 1 amide bonds. The van der Waals surface area contributed by atoms with Gasteiger partial charge in [0.05, 0.1) is 25.2 Å². The molecule has 1 aliphatic heterocycles. The number of nitrogens with one attached hydrogen (secondary N) is 1. The highest BCUT2D eigenvalue weighted by atomic mass is 32.2. The number of aryl methyl sites for hydroxylation is 2. The van der Waals surface area contributed by atoms with Gasteiger partial charge in [-0.3, -0.25) is 14.0 Å². The van der Waals surface area contributed by atoms with Crippen LogP contribution in [0.3, 0.4) is 0 Å². The normalized spacial score (nSPS) is 15.8. The summed E-state index contributed by atoms with van der Waals surface area (Å²) >= 11 is 0. The Morgan fingerprint density at radius 1 is 1.09 bits per heavy atom. The third-order valence-electron chi connectivity index (χ3n) is 6.04. The SMILES string of the molecule is CCC(C(=O)NCc1cccc(CN2CCOCC2)c1)N(c1ccc(C)c(C)c1)S(C)(=O)=O. The fourth-order valence-corrected chi connectivity index (χ4v) is 5.29. The number of benzene rings is 2. The van der Waals surface area contributed by atoms with Gasteiger partial charge in [0.15, 0.2) is 0 Å². The molecule has 1 unspecified atom stereocenters. The van der Waals surface area contributed by atoms with E-state index in [-0.39, 0.29) is 5.91 Å². The number of hydrogen-bond donors (Lipinski definition) is 1. The molecule has 8 heteroatoms. The summed E-state index contributed by atoms with van der Waals surface area (Å²) in [6.07, 6.45) is 1.51. The van der Waals surface area contributed by atoms with Gasteiger partial charge in [0.25, 0.3) is 0 Å². The van der Waals surface area contributed by atoms with Gasteiger partial charge in [-0.2, -0.15) is 0 Å². The average Bonchev–Trinajstić information content (AvgIpc) is 2.78. The van der Waals surface area contributed by atoms with Crippen LogP contribution in [0.15, 0.2) is 42.5 Å². The first-order valence-electron chi connectivity index (χ1n) is 11.4. The van der Waals surface area contributed by atoms with Gasteiger partial charge in [0.1, 0.15) is 6.04 Å². The molecular weight excluding hydrogens is 438 g/mol. The van der Waals surface area contributed by atoms with Crippen molar-refractivity contribution in [3.63, 3.8) is 0 Å². The highest BCUT2D eigenvalue weighted by Crippen LogP contribution is 2.25. The first kappa shape index (κ1) is 25.2. The van der Waals surface area contributed by atoms with Gasteiger partial charge in [-0.1, -0.05) is 37.3 Å². The summed E-state index contributed by atoms with van der Waals surface area (Å²) in [4.78, 5) is 15.5. The topological polar surface area (TPSA) is 79.0 Å². The van der Waals surface area contributed by atoms with Gasteiger partial charge in [0, 0.05) is 26.2 Å². The Morgan fingerprint density at radius 2 is 1.79 bits per heavy atom. The molecule has 0 radical (unpaired) electrons. The molecule has 7 nitrogen and oxygen atoms in total. The van der Waals surface area contributed by atoms with Crippen LogP contribution in [0.1, 0.15) is 35.6 Å². The molecule has 0 bridgehead atoms. The lowest BCUT2D eigenvalue weighted by Gasteiger charge is -2.30. The molecule has 3 rings (SSSR count). The van der Waals surface area contributed by atoms with Gasteiger partial charge in [-0.25, -0.2) is 8.42 Å². The second-order valence-electron chi connectivity index (χ2n) is 8.68. The molecule has 0 saturated carbocycles. The zero-order valence-electron chi connectivity index (χ0n) is 20.0. The summed E-state index contributed by atoms with van der Waals surface area (Å²) in [6, 6.07) is 12.8. The van der Waals surface area contributed by atoms with Crippen LogP contribution >= 0.6 is 0 Å².